The first-order valence-corrected chi connectivity index (χ1v) is 3.32. The number of rotatable bonds is 1. The smallest absolute Gasteiger partial charge is 0.333 e. The van der Waals surface area contributed by atoms with Gasteiger partial charge in [-0.3, -0.25) is 0 Å². The maximum atomic E-state index is 12.5. The van der Waals surface area contributed by atoms with Gasteiger partial charge in [0.05, 0.1) is 0 Å². The summed E-state index contributed by atoms with van der Waals surface area (Å²) in [5.74, 6) is 0. The third-order valence-corrected chi connectivity index (χ3v) is 2.04. The van der Waals surface area contributed by atoms with Gasteiger partial charge in [0, 0.05) is 7.11 Å². The molecular formula is C3H3Cl4FO. The second kappa shape index (κ2) is 2.97. The third-order valence-electron chi connectivity index (χ3n) is 0.586. The van der Waals surface area contributed by atoms with Crippen molar-refractivity contribution in [1.82, 2.24) is 0 Å². The Morgan fingerprint density at radius 2 is 1.56 bits per heavy atom. The summed E-state index contributed by atoms with van der Waals surface area (Å²) >= 11 is 20.0. The molecular weight excluding hydrogens is 213 g/mol. The lowest BCUT2D eigenvalue weighted by molar-refractivity contribution is -0.0429. The Labute approximate surface area is 72.0 Å². The quantitative estimate of drug-likeness (QED) is 0.612. The van der Waals surface area contributed by atoms with E-state index in [1.165, 1.54) is 0 Å². The van der Waals surface area contributed by atoms with E-state index in [0.29, 0.717) is 0 Å². The SMILES string of the molecule is COC(F)(Cl)C(Cl)(Cl)Cl. The number of methoxy groups -OCH3 is 1. The standard InChI is InChI=1S/C3H3Cl4FO/c1-9-3(7,8)2(4,5)6/h1H3. The van der Waals surface area contributed by atoms with E-state index in [2.05, 4.69) is 4.74 Å². The van der Waals surface area contributed by atoms with E-state index in [0.717, 1.165) is 7.11 Å². The van der Waals surface area contributed by atoms with Gasteiger partial charge >= 0.3 is 5.31 Å². The average molecular weight is 216 g/mol. The zero-order valence-corrected chi connectivity index (χ0v) is 7.32. The molecule has 1 nitrogen and oxygen atoms in total. The Kier molecular flexibility index (Phi) is 3.32. The summed E-state index contributed by atoms with van der Waals surface area (Å²) in [6, 6.07) is 0. The molecule has 0 aromatic carbocycles. The molecule has 0 aliphatic carbocycles. The van der Waals surface area contributed by atoms with Crippen LogP contribution in [0.1, 0.15) is 0 Å². The molecule has 0 saturated heterocycles. The first kappa shape index (κ1) is 10.0. The summed E-state index contributed by atoms with van der Waals surface area (Å²) in [4.78, 5) is 0. The minimum absolute atomic E-state index is 0.995. The van der Waals surface area contributed by atoms with Gasteiger partial charge in [-0.25, -0.2) is 0 Å². The van der Waals surface area contributed by atoms with Gasteiger partial charge in [0.15, 0.2) is 0 Å². The summed E-state index contributed by atoms with van der Waals surface area (Å²) in [5, 5.41) is -2.75. The molecule has 0 aliphatic heterocycles. The van der Waals surface area contributed by atoms with Crippen LogP contribution >= 0.6 is 46.4 Å². The van der Waals surface area contributed by atoms with Crippen LogP contribution in [0, 0.1) is 0 Å². The van der Waals surface area contributed by atoms with Crippen LogP contribution < -0.4 is 0 Å². The molecule has 0 radical (unpaired) electrons. The first-order chi connectivity index (χ1) is 3.81. The molecule has 1 unspecified atom stereocenters. The van der Waals surface area contributed by atoms with Crippen molar-refractivity contribution in [2.45, 2.75) is 9.11 Å². The molecule has 1 atom stereocenters. The minimum Gasteiger partial charge on any atom is -0.334 e. The van der Waals surface area contributed by atoms with Gasteiger partial charge in [-0.15, -0.1) is 0 Å². The van der Waals surface area contributed by atoms with Crippen LogP contribution in [0.15, 0.2) is 0 Å². The van der Waals surface area contributed by atoms with Gasteiger partial charge in [0.25, 0.3) is 3.79 Å². The van der Waals surface area contributed by atoms with Crippen LogP contribution in [0.25, 0.3) is 0 Å². The van der Waals surface area contributed by atoms with Crippen LogP contribution in [0.5, 0.6) is 0 Å². The lowest BCUT2D eigenvalue weighted by atomic mass is 10.7. The molecule has 0 spiro atoms. The zero-order chi connectivity index (χ0) is 7.71. The van der Waals surface area contributed by atoms with E-state index in [4.69, 9.17) is 46.4 Å². The normalized spacial score (nSPS) is 19.3. The van der Waals surface area contributed by atoms with Gasteiger partial charge in [-0.1, -0.05) is 34.8 Å². The van der Waals surface area contributed by atoms with Gasteiger partial charge < -0.3 is 4.74 Å². The highest BCUT2D eigenvalue weighted by molar-refractivity contribution is 6.70. The fourth-order valence-corrected chi connectivity index (χ4v) is 0.347. The summed E-state index contributed by atoms with van der Waals surface area (Å²) in [6.45, 7) is 0. The zero-order valence-electron chi connectivity index (χ0n) is 4.30. The molecule has 0 heterocycles. The highest BCUT2D eigenvalue weighted by atomic mass is 35.6. The summed E-state index contributed by atoms with van der Waals surface area (Å²) in [7, 11) is 0.995. The van der Waals surface area contributed by atoms with Gasteiger partial charge in [0.2, 0.25) is 0 Å². The van der Waals surface area contributed by atoms with Crippen molar-refractivity contribution in [3.8, 4) is 0 Å². The first-order valence-electron chi connectivity index (χ1n) is 1.81. The molecule has 0 bridgehead atoms. The monoisotopic (exact) mass is 214 g/mol. The topological polar surface area (TPSA) is 9.23 Å². The third kappa shape index (κ3) is 2.64. The maximum absolute atomic E-state index is 12.5. The van der Waals surface area contributed by atoms with E-state index in [1.807, 2.05) is 0 Å². The minimum atomic E-state index is -2.75. The molecule has 0 aromatic heterocycles. The van der Waals surface area contributed by atoms with Crippen molar-refractivity contribution in [3.05, 3.63) is 0 Å². The van der Waals surface area contributed by atoms with Crippen LogP contribution in [0.3, 0.4) is 0 Å². The predicted octanol–water partition coefficient (Wildman–Crippen LogP) is 2.87. The maximum Gasteiger partial charge on any atom is 0.333 e. The van der Waals surface area contributed by atoms with Crippen molar-refractivity contribution in [3.63, 3.8) is 0 Å². The molecule has 0 aliphatic rings. The van der Waals surface area contributed by atoms with Crippen LogP contribution in [0.2, 0.25) is 0 Å². The predicted molar refractivity (Wildman–Crippen MR) is 37.0 cm³/mol. The highest BCUT2D eigenvalue weighted by Crippen LogP contribution is 2.44. The van der Waals surface area contributed by atoms with E-state index in [9.17, 15) is 4.39 Å². The van der Waals surface area contributed by atoms with Gasteiger partial charge in [-0.2, -0.15) is 4.39 Å². The number of alkyl halides is 5. The summed E-state index contributed by atoms with van der Waals surface area (Å²) in [6.07, 6.45) is 0. The Hall–Kier alpha value is 1.05. The van der Waals surface area contributed by atoms with Crippen LogP contribution in [-0.4, -0.2) is 16.2 Å². The van der Waals surface area contributed by atoms with E-state index in [1.54, 1.807) is 0 Å². The summed E-state index contributed by atoms with van der Waals surface area (Å²) < 4.78 is 14.2. The van der Waals surface area contributed by atoms with E-state index < -0.39 is 9.11 Å². The molecule has 0 rings (SSSR count). The molecule has 0 saturated carbocycles. The molecule has 0 aromatic rings. The lowest BCUT2D eigenvalue weighted by Gasteiger charge is -2.22. The number of hydrogen-bond acceptors (Lipinski definition) is 1. The average Bonchev–Trinajstić information content (AvgIpc) is 1.64. The number of hydrogen-bond donors (Lipinski definition) is 0. The Bertz CT molecular complexity index is 98.5. The highest BCUT2D eigenvalue weighted by Gasteiger charge is 2.48. The fraction of sp³-hybridized carbons (Fsp3) is 1.00. The Morgan fingerprint density at radius 3 is 1.56 bits per heavy atom. The Balaban J connectivity index is 4.14. The molecule has 6 heteroatoms. The lowest BCUT2D eigenvalue weighted by Crippen LogP contribution is -2.33. The van der Waals surface area contributed by atoms with E-state index in [-0.39, 0.29) is 0 Å². The van der Waals surface area contributed by atoms with Crippen LogP contribution in [0.4, 0.5) is 4.39 Å². The van der Waals surface area contributed by atoms with Crippen molar-refractivity contribution >= 4 is 46.4 Å². The van der Waals surface area contributed by atoms with Crippen molar-refractivity contribution in [2.24, 2.45) is 0 Å². The molecule has 0 fully saturated rings. The second-order valence-corrected chi connectivity index (χ2v) is 3.99. The fourth-order valence-electron chi connectivity index (χ4n) is 0.116. The van der Waals surface area contributed by atoms with Gasteiger partial charge in [-0.05, 0) is 11.6 Å². The Morgan fingerprint density at radius 1 is 1.22 bits per heavy atom. The van der Waals surface area contributed by atoms with Crippen molar-refractivity contribution < 1.29 is 9.13 Å². The molecule has 9 heavy (non-hydrogen) atoms. The number of halogens is 5. The number of ether oxygens (including phenoxy) is 1. The van der Waals surface area contributed by atoms with Gasteiger partial charge in [0.1, 0.15) is 0 Å². The second-order valence-electron chi connectivity index (χ2n) is 1.22. The summed E-state index contributed by atoms with van der Waals surface area (Å²) in [5.41, 5.74) is 0. The van der Waals surface area contributed by atoms with E-state index >= 15 is 0 Å². The molecule has 0 N–H and O–H groups in total. The van der Waals surface area contributed by atoms with Crippen molar-refractivity contribution in [1.29, 1.82) is 0 Å². The van der Waals surface area contributed by atoms with Crippen LogP contribution in [-0.2, 0) is 4.74 Å². The molecule has 0 amide bonds. The molecule has 56 valence electrons. The van der Waals surface area contributed by atoms with Crippen molar-refractivity contribution in [2.75, 3.05) is 7.11 Å². The largest absolute Gasteiger partial charge is 0.334 e.